The first kappa shape index (κ1) is 13.2. The SMILES string of the molecule is CC(N)CN1CC2CCCC(C1)C2O.Cl. The number of halogens is 1. The second-order valence-electron chi connectivity index (χ2n) is 5.14. The van der Waals surface area contributed by atoms with Crippen LogP contribution >= 0.6 is 12.4 Å². The molecule has 1 aliphatic heterocycles. The number of rotatable bonds is 2. The smallest absolute Gasteiger partial charge is 0.0620 e. The van der Waals surface area contributed by atoms with Crippen molar-refractivity contribution in [1.29, 1.82) is 0 Å². The van der Waals surface area contributed by atoms with E-state index < -0.39 is 0 Å². The molecule has 3 nitrogen and oxygen atoms in total. The fourth-order valence-electron chi connectivity index (χ4n) is 3.06. The number of fused-ring (bicyclic) bond motifs is 2. The van der Waals surface area contributed by atoms with Crippen LogP contribution in [0.2, 0.25) is 0 Å². The van der Waals surface area contributed by atoms with E-state index >= 15 is 0 Å². The van der Waals surface area contributed by atoms with E-state index in [2.05, 4.69) is 11.8 Å². The van der Waals surface area contributed by atoms with Crippen LogP contribution in [0, 0.1) is 11.8 Å². The molecule has 3 N–H and O–H groups in total. The maximum absolute atomic E-state index is 9.98. The Kier molecular flexibility index (Phi) is 4.84. The number of aliphatic hydroxyl groups is 1. The summed E-state index contributed by atoms with van der Waals surface area (Å²) in [6.45, 7) is 5.15. The van der Waals surface area contributed by atoms with Gasteiger partial charge in [-0.25, -0.2) is 0 Å². The average Bonchev–Trinajstić information content (AvgIpc) is 2.05. The molecule has 0 amide bonds. The Morgan fingerprint density at radius 1 is 1.33 bits per heavy atom. The Bertz CT molecular complexity index is 187. The highest BCUT2D eigenvalue weighted by molar-refractivity contribution is 5.85. The molecule has 0 aromatic heterocycles. The third kappa shape index (κ3) is 3.06. The molecule has 2 bridgehead atoms. The third-order valence-electron chi connectivity index (χ3n) is 3.65. The Balaban J connectivity index is 0.00000112. The van der Waals surface area contributed by atoms with E-state index in [9.17, 15) is 5.11 Å². The van der Waals surface area contributed by atoms with E-state index in [1.165, 1.54) is 19.3 Å². The molecular weight excluding hydrogens is 212 g/mol. The molecule has 4 heteroatoms. The minimum Gasteiger partial charge on any atom is -0.392 e. The zero-order chi connectivity index (χ0) is 10.1. The zero-order valence-electron chi connectivity index (χ0n) is 9.43. The fourth-order valence-corrected chi connectivity index (χ4v) is 3.06. The summed E-state index contributed by atoms with van der Waals surface area (Å²) in [7, 11) is 0. The third-order valence-corrected chi connectivity index (χ3v) is 3.65. The Labute approximate surface area is 98.4 Å². The highest BCUT2D eigenvalue weighted by atomic mass is 35.5. The molecule has 90 valence electrons. The molecule has 2 fully saturated rings. The van der Waals surface area contributed by atoms with Crippen LogP contribution in [0.3, 0.4) is 0 Å². The summed E-state index contributed by atoms with van der Waals surface area (Å²) in [5.74, 6) is 1.03. The van der Waals surface area contributed by atoms with Crippen molar-refractivity contribution in [2.24, 2.45) is 17.6 Å². The van der Waals surface area contributed by atoms with Gasteiger partial charge >= 0.3 is 0 Å². The summed E-state index contributed by atoms with van der Waals surface area (Å²) in [5, 5.41) is 9.98. The van der Waals surface area contributed by atoms with Crippen LogP contribution in [0.1, 0.15) is 26.2 Å². The monoisotopic (exact) mass is 234 g/mol. The van der Waals surface area contributed by atoms with E-state index in [-0.39, 0.29) is 24.6 Å². The van der Waals surface area contributed by atoms with Crippen molar-refractivity contribution in [1.82, 2.24) is 4.90 Å². The van der Waals surface area contributed by atoms with Crippen molar-refractivity contribution >= 4 is 12.4 Å². The van der Waals surface area contributed by atoms with Crippen molar-refractivity contribution in [3.8, 4) is 0 Å². The summed E-state index contributed by atoms with van der Waals surface area (Å²) in [5.41, 5.74) is 5.80. The normalized spacial score (nSPS) is 38.2. The van der Waals surface area contributed by atoms with Crippen LogP contribution in [0.4, 0.5) is 0 Å². The van der Waals surface area contributed by atoms with Gasteiger partial charge in [-0.2, -0.15) is 0 Å². The minimum absolute atomic E-state index is 0. The Morgan fingerprint density at radius 2 is 1.87 bits per heavy atom. The second-order valence-corrected chi connectivity index (χ2v) is 5.14. The lowest BCUT2D eigenvalue weighted by Gasteiger charge is -2.45. The molecule has 3 atom stereocenters. The topological polar surface area (TPSA) is 49.5 Å². The standard InChI is InChI=1S/C11H22N2O.ClH/c1-8(12)5-13-6-9-3-2-4-10(7-13)11(9)14;/h8-11,14H,2-7,12H2,1H3;1H. The number of hydrogen-bond donors (Lipinski definition) is 2. The van der Waals surface area contributed by atoms with Gasteiger partial charge in [0, 0.05) is 25.7 Å². The number of aliphatic hydroxyl groups excluding tert-OH is 1. The maximum atomic E-state index is 9.98. The Hall–Kier alpha value is 0.170. The first-order valence-electron chi connectivity index (χ1n) is 5.83. The van der Waals surface area contributed by atoms with Gasteiger partial charge in [0.2, 0.25) is 0 Å². The van der Waals surface area contributed by atoms with Crippen molar-refractivity contribution < 1.29 is 5.11 Å². The number of likely N-dealkylation sites (tertiary alicyclic amines) is 1. The zero-order valence-corrected chi connectivity index (χ0v) is 10.2. The van der Waals surface area contributed by atoms with E-state index in [0.717, 1.165) is 19.6 Å². The van der Waals surface area contributed by atoms with Crippen LogP contribution in [0.15, 0.2) is 0 Å². The van der Waals surface area contributed by atoms with Crippen LogP contribution in [-0.2, 0) is 0 Å². The van der Waals surface area contributed by atoms with E-state index in [1.54, 1.807) is 0 Å². The molecular formula is C11H23ClN2O. The van der Waals surface area contributed by atoms with Crippen molar-refractivity contribution in [2.75, 3.05) is 19.6 Å². The van der Waals surface area contributed by atoms with E-state index in [4.69, 9.17) is 5.73 Å². The van der Waals surface area contributed by atoms with Gasteiger partial charge in [0.1, 0.15) is 0 Å². The molecule has 1 saturated heterocycles. The predicted octanol–water partition coefficient (Wildman–Crippen LogP) is 0.848. The summed E-state index contributed by atoms with van der Waals surface area (Å²) in [4.78, 5) is 2.44. The van der Waals surface area contributed by atoms with Crippen LogP contribution in [-0.4, -0.2) is 41.8 Å². The van der Waals surface area contributed by atoms with Crippen molar-refractivity contribution in [3.63, 3.8) is 0 Å². The highest BCUT2D eigenvalue weighted by Gasteiger charge is 2.38. The highest BCUT2D eigenvalue weighted by Crippen LogP contribution is 2.34. The number of piperidine rings is 1. The molecule has 0 aromatic carbocycles. The second kappa shape index (κ2) is 5.48. The maximum Gasteiger partial charge on any atom is 0.0620 e. The van der Waals surface area contributed by atoms with Gasteiger partial charge in [-0.05, 0) is 31.6 Å². The lowest BCUT2D eigenvalue weighted by atomic mass is 9.75. The molecule has 2 rings (SSSR count). The molecule has 1 saturated carbocycles. The minimum atomic E-state index is -0.0342. The lowest BCUT2D eigenvalue weighted by Crippen LogP contribution is -2.53. The lowest BCUT2D eigenvalue weighted by molar-refractivity contribution is -0.0501. The van der Waals surface area contributed by atoms with E-state index in [1.807, 2.05) is 0 Å². The van der Waals surface area contributed by atoms with Gasteiger partial charge < -0.3 is 15.7 Å². The first-order chi connectivity index (χ1) is 6.66. The van der Waals surface area contributed by atoms with Gasteiger partial charge in [0.15, 0.2) is 0 Å². The quantitative estimate of drug-likeness (QED) is 0.745. The summed E-state index contributed by atoms with van der Waals surface area (Å²) < 4.78 is 0. The number of hydrogen-bond acceptors (Lipinski definition) is 3. The van der Waals surface area contributed by atoms with Crippen LogP contribution in [0.25, 0.3) is 0 Å². The largest absolute Gasteiger partial charge is 0.392 e. The molecule has 1 aliphatic carbocycles. The average molecular weight is 235 g/mol. The van der Waals surface area contributed by atoms with Crippen molar-refractivity contribution in [3.05, 3.63) is 0 Å². The molecule has 0 aromatic rings. The van der Waals surface area contributed by atoms with Gasteiger partial charge in [0.25, 0.3) is 0 Å². The predicted molar refractivity (Wildman–Crippen MR) is 64.2 cm³/mol. The Morgan fingerprint density at radius 3 is 2.33 bits per heavy atom. The van der Waals surface area contributed by atoms with E-state index in [0.29, 0.717) is 11.8 Å². The summed E-state index contributed by atoms with van der Waals surface area (Å²) >= 11 is 0. The molecule has 3 unspecified atom stereocenters. The van der Waals surface area contributed by atoms with Crippen LogP contribution < -0.4 is 5.73 Å². The van der Waals surface area contributed by atoms with Gasteiger partial charge in [-0.1, -0.05) is 6.42 Å². The summed E-state index contributed by atoms with van der Waals surface area (Å²) in [6, 6.07) is 0.256. The van der Waals surface area contributed by atoms with Crippen molar-refractivity contribution in [2.45, 2.75) is 38.3 Å². The molecule has 0 spiro atoms. The molecule has 2 aliphatic rings. The molecule has 15 heavy (non-hydrogen) atoms. The first-order valence-corrected chi connectivity index (χ1v) is 5.83. The summed E-state index contributed by atoms with van der Waals surface area (Å²) in [6.07, 6.45) is 3.67. The van der Waals surface area contributed by atoms with Gasteiger partial charge in [0.05, 0.1) is 6.10 Å². The number of nitrogens with zero attached hydrogens (tertiary/aromatic N) is 1. The van der Waals surface area contributed by atoms with Gasteiger partial charge in [-0.15, -0.1) is 12.4 Å². The van der Waals surface area contributed by atoms with Crippen LogP contribution in [0.5, 0.6) is 0 Å². The van der Waals surface area contributed by atoms with Gasteiger partial charge in [-0.3, -0.25) is 0 Å². The molecule has 1 heterocycles. The fraction of sp³-hybridized carbons (Fsp3) is 1.00. The number of nitrogens with two attached hydrogens (primary N) is 1. The molecule has 0 radical (unpaired) electrons.